The molecule has 1 aliphatic carbocycles. The second-order valence-electron chi connectivity index (χ2n) is 9.99. The van der Waals surface area contributed by atoms with Crippen LogP contribution in [0, 0.1) is 5.82 Å². The Bertz CT molecular complexity index is 1400. The summed E-state index contributed by atoms with van der Waals surface area (Å²) in [6.07, 6.45) is 3.50. The second-order valence-corrected chi connectivity index (χ2v) is 11.3. The number of amides is 2. The molecule has 0 bridgehead atoms. The number of carboxylic acids is 1. The highest BCUT2D eigenvalue weighted by Gasteiger charge is 2.41. The molecular weight excluding hydrogens is 575 g/mol. The fraction of sp³-hybridized carbons (Fsp3) is 0.444. The number of aromatic nitrogens is 1. The number of amidine groups is 1. The number of hydrogen-bond donors (Lipinski definition) is 2. The fourth-order valence-electron chi connectivity index (χ4n) is 5.04. The molecule has 1 aromatic carbocycles. The molecular formula is C27H30ClFN6O5S. The number of aliphatic imine (C=N–C) groups is 1. The van der Waals surface area contributed by atoms with Gasteiger partial charge in [-0.05, 0) is 25.8 Å². The zero-order valence-corrected chi connectivity index (χ0v) is 24.1. The van der Waals surface area contributed by atoms with Gasteiger partial charge >= 0.3 is 18.0 Å². The maximum Gasteiger partial charge on any atom is 0.338 e. The van der Waals surface area contributed by atoms with Crippen molar-refractivity contribution in [3.05, 3.63) is 62.5 Å². The van der Waals surface area contributed by atoms with Crippen LogP contribution >= 0.6 is 22.9 Å². The molecule has 2 atom stereocenters. The van der Waals surface area contributed by atoms with Crippen molar-refractivity contribution in [2.75, 3.05) is 39.8 Å². The molecule has 2 amide bonds. The summed E-state index contributed by atoms with van der Waals surface area (Å²) in [5, 5.41) is 15.4. The van der Waals surface area contributed by atoms with E-state index in [0.717, 1.165) is 12.8 Å². The van der Waals surface area contributed by atoms with Gasteiger partial charge in [0, 0.05) is 62.1 Å². The van der Waals surface area contributed by atoms with Crippen molar-refractivity contribution in [3.8, 4) is 0 Å². The molecule has 1 aromatic heterocycles. The number of carbonyl (C=O) groups excluding carboxylic acids is 2. The Morgan fingerprint density at radius 1 is 1.29 bits per heavy atom. The first-order chi connectivity index (χ1) is 19.7. The van der Waals surface area contributed by atoms with Gasteiger partial charge in [0.15, 0.2) is 10.8 Å². The molecule has 2 fully saturated rings. The van der Waals surface area contributed by atoms with Crippen LogP contribution in [0.25, 0.3) is 0 Å². The van der Waals surface area contributed by atoms with E-state index in [1.807, 2.05) is 0 Å². The van der Waals surface area contributed by atoms with Crippen molar-refractivity contribution < 1.29 is 28.6 Å². The van der Waals surface area contributed by atoms with Crippen LogP contribution in [0.3, 0.4) is 0 Å². The van der Waals surface area contributed by atoms with Gasteiger partial charge < -0.3 is 25.0 Å². The van der Waals surface area contributed by atoms with Gasteiger partial charge in [0.2, 0.25) is 0 Å². The van der Waals surface area contributed by atoms with Crippen LogP contribution in [0.1, 0.15) is 36.4 Å². The second kappa shape index (κ2) is 12.1. The first-order valence-corrected chi connectivity index (χ1v) is 14.5. The van der Waals surface area contributed by atoms with E-state index in [1.54, 1.807) is 46.3 Å². The quantitative estimate of drug-likeness (QED) is 0.440. The number of ether oxygens (including phenoxy) is 1. The Morgan fingerprint density at radius 3 is 2.73 bits per heavy atom. The van der Waals surface area contributed by atoms with E-state index in [9.17, 15) is 23.9 Å². The lowest BCUT2D eigenvalue weighted by Crippen LogP contribution is -2.60. The van der Waals surface area contributed by atoms with Gasteiger partial charge in [0.1, 0.15) is 17.9 Å². The average molecular weight is 605 g/mol. The number of hydrogen-bond acceptors (Lipinski definition) is 9. The minimum absolute atomic E-state index is 0.000557. The Kier molecular flexibility index (Phi) is 8.57. The van der Waals surface area contributed by atoms with Crippen molar-refractivity contribution in [2.45, 2.75) is 37.9 Å². The Balaban J connectivity index is 1.52. The van der Waals surface area contributed by atoms with Crippen LogP contribution in [0.5, 0.6) is 0 Å². The number of nitrogens with zero attached hydrogens (tertiary/aromatic N) is 5. The number of aliphatic carboxylic acids is 1. The minimum Gasteiger partial charge on any atom is -0.480 e. The van der Waals surface area contributed by atoms with E-state index >= 15 is 0 Å². The normalized spacial score (nSPS) is 21.3. The monoisotopic (exact) mass is 604 g/mol. The maximum atomic E-state index is 14.6. The standard InChI is InChI=1S/C27H30ClFN6O5S/c1-3-40-26(38)20-18(13-34-10-11-35(14-19(34)25(36)37)27(39)33(2)15-7-8-15)31-23(24-30-9-12-41-24)32-22(20)16-5-4-6-17(29)21(16)28/h4-6,9,12,15,19,22H,3,7-8,10-11,13-14H2,1-2H3,(H,31,32)(H,36,37). The lowest BCUT2D eigenvalue weighted by molar-refractivity contribution is -0.145. The molecule has 41 heavy (non-hydrogen) atoms. The number of carboxylic acid groups (broad SMARTS) is 1. The first kappa shape index (κ1) is 29.0. The third-order valence-electron chi connectivity index (χ3n) is 7.34. The Hall–Kier alpha value is -3.55. The summed E-state index contributed by atoms with van der Waals surface area (Å²) in [6, 6.07) is 2.22. The molecule has 2 aromatic rings. The van der Waals surface area contributed by atoms with Crippen molar-refractivity contribution >= 4 is 46.7 Å². The summed E-state index contributed by atoms with van der Waals surface area (Å²) in [6.45, 7) is 2.29. The van der Waals surface area contributed by atoms with Crippen LogP contribution < -0.4 is 5.32 Å². The first-order valence-electron chi connectivity index (χ1n) is 13.3. The molecule has 2 unspecified atom stereocenters. The topological polar surface area (TPSA) is 128 Å². The van der Waals surface area contributed by atoms with E-state index in [0.29, 0.717) is 23.1 Å². The third-order valence-corrected chi connectivity index (χ3v) is 8.52. The molecule has 2 aliphatic heterocycles. The van der Waals surface area contributed by atoms with E-state index in [4.69, 9.17) is 21.3 Å². The van der Waals surface area contributed by atoms with Crippen molar-refractivity contribution in [3.63, 3.8) is 0 Å². The highest BCUT2D eigenvalue weighted by atomic mass is 35.5. The number of rotatable bonds is 8. The number of urea groups is 1. The van der Waals surface area contributed by atoms with Crippen molar-refractivity contribution in [1.82, 2.24) is 25.0 Å². The number of halogens is 2. The maximum absolute atomic E-state index is 14.6. The van der Waals surface area contributed by atoms with Gasteiger partial charge in [-0.25, -0.2) is 19.0 Å². The zero-order chi connectivity index (χ0) is 29.3. The SMILES string of the molecule is CCOC(=O)C1=C(CN2CCN(C(=O)N(C)C3CC3)CC2C(=O)O)NC(c2nccs2)=NC1c1cccc(F)c1Cl. The van der Waals surface area contributed by atoms with Crippen LogP contribution in [0.4, 0.5) is 9.18 Å². The lowest BCUT2D eigenvalue weighted by Gasteiger charge is -2.41. The van der Waals surface area contributed by atoms with E-state index in [1.165, 1.54) is 23.5 Å². The molecule has 3 aliphatic rings. The van der Waals surface area contributed by atoms with Gasteiger partial charge in [0.25, 0.3) is 0 Å². The molecule has 1 saturated carbocycles. The fourth-order valence-corrected chi connectivity index (χ4v) is 5.85. The van der Waals surface area contributed by atoms with Crippen LogP contribution in [-0.2, 0) is 14.3 Å². The molecule has 3 heterocycles. The number of nitrogens with one attached hydrogen (secondary N) is 1. The predicted molar refractivity (Wildman–Crippen MR) is 150 cm³/mol. The summed E-state index contributed by atoms with van der Waals surface area (Å²) < 4.78 is 19.9. The van der Waals surface area contributed by atoms with Crippen molar-refractivity contribution in [1.29, 1.82) is 0 Å². The number of benzene rings is 1. The van der Waals surface area contributed by atoms with Gasteiger partial charge in [-0.2, -0.15) is 0 Å². The lowest BCUT2D eigenvalue weighted by atomic mass is 9.94. The summed E-state index contributed by atoms with van der Waals surface area (Å²) in [4.78, 5) is 52.7. The van der Waals surface area contributed by atoms with Crippen LogP contribution in [-0.4, -0.2) is 101 Å². The highest BCUT2D eigenvalue weighted by molar-refractivity contribution is 7.11. The van der Waals surface area contributed by atoms with Gasteiger partial charge in [-0.15, -0.1) is 11.3 Å². The van der Waals surface area contributed by atoms with Gasteiger partial charge in [-0.3, -0.25) is 14.7 Å². The summed E-state index contributed by atoms with van der Waals surface area (Å²) in [5.74, 6) is -2.11. The van der Waals surface area contributed by atoms with E-state index < -0.39 is 29.8 Å². The molecule has 14 heteroatoms. The molecule has 1 saturated heterocycles. The van der Waals surface area contributed by atoms with Crippen molar-refractivity contribution in [2.24, 2.45) is 4.99 Å². The molecule has 0 spiro atoms. The molecule has 11 nitrogen and oxygen atoms in total. The van der Waals surface area contributed by atoms with Crippen LogP contribution in [0.2, 0.25) is 5.02 Å². The van der Waals surface area contributed by atoms with Gasteiger partial charge in [-0.1, -0.05) is 23.7 Å². The summed E-state index contributed by atoms with van der Waals surface area (Å²) >= 11 is 7.68. The third kappa shape index (κ3) is 6.07. The molecule has 2 N–H and O–H groups in total. The Labute approximate surface area is 245 Å². The van der Waals surface area contributed by atoms with Crippen LogP contribution in [0.15, 0.2) is 46.0 Å². The summed E-state index contributed by atoms with van der Waals surface area (Å²) in [7, 11) is 1.74. The molecule has 5 rings (SSSR count). The average Bonchev–Trinajstić information content (AvgIpc) is 3.66. The zero-order valence-electron chi connectivity index (χ0n) is 22.5. The number of esters is 1. The van der Waals surface area contributed by atoms with E-state index in [-0.39, 0.29) is 54.5 Å². The summed E-state index contributed by atoms with van der Waals surface area (Å²) in [5.41, 5.74) is 0.696. The minimum atomic E-state index is -1.09. The highest BCUT2D eigenvalue weighted by Crippen LogP contribution is 2.38. The van der Waals surface area contributed by atoms with E-state index in [2.05, 4.69) is 10.3 Å². The predicted octanol–water partition coefficient (Wildman–Crippen LogP) is 3.13. The number of carbonyl (C=O) groups is 3. The number of piperazine rings is 1. The smallest absolute Gasteiger partial charge is 0.338 e. The Morgan fingerprint density at radius 2 is 2.07 bits per heavy atom. The number of thiazole rings is 1. The molecule has 218 valence electrons. The largest absolute Gasteiger partial charge is 0.480 e. The van der Waals surface area contributed by atoms with Gasteiger partial charge in [0.05, 0.1) is 17.2 Å². The molecule has 0 radical (unpaired) electrons.